The minimum atomic E-state index is -0.193. The molecule has 0 saturated carbocycles. The van der Waals surface area contributed by atoms with Gasteiger partial charge in [-0.2, -0.15) is 0 Å². The van der Waals surface area contributed by atoms with Gasteiger partial charge in [0.1, 0.15) is 5.75 Å². The standard InChI is InChI=1S/C21H23N3O2S/c25-20(14-26-19-9-8-16-6-2-3-7-17(16)12-19)23-21-22-18(15-27-21)13-24-10-4-1-5-11-24/h2-3,6-9,12,15H,1,4-5,10-11,13-14H2,(H,22,23,25). The SMILES string of the molecule is O=C(COc1ccc2ccccc2c1)Nc1nc(CN2CCCCC2)cs1. The van der Waals surface area contributed by atoms with Crippen molar-refractivity contribution in [3.63, 3.8) is 0 Å². The van der Waals surface area contributed by atoms with E-state index in [4.69, 9.17) is 4.74 Å². The van der Waals surface area contributed by atoms with Crippen molar-refractivity contribution in [1.82, 2.24) is 9.88 Å². The van der Waals surface area contributed by atoms with Crippen LogP contribution in [0.3, 0.4) is 0 Å². The van der Waals surface area contributed by atoms with Crippen LogP contribution in [0.25, 0.3) is 10.8 Å². The number of thiazole rings is 1. The van der Waals surface area contributed by atoms with Crippen molar-refractivity contribution in [2.75, 3.05) is 25.0 Å². The summed E-state index contributed by atoms with van der Waals surface area (Å²) in [4.78, 5) is 19.1. The first-order valence-electron chi connectivity index (χ1n) is 9.34. The zero-order valence-corrected chi connectivity index (χ0v) is 16.0. The maximum atomic E-state index is 12.2. The molecule has 5 nitrogen and oxygen atoms in total. The number of nitrogens with zero attached hydrogens (tertiary/aromatic N) is 2. The molecule has 0 bridgehead atoms. The summed E-state index contributed by atoms with van der Waals surface area (Å²) in [5, 5.41) is 7.73. The number of benzene rings is 2. The van der Waals surface area contributed by atoms with Gasteiger partial charge in [0.15, 0.2) is 11.7 Å². The third kappa shape index (κ3) is 4.84. The Hall–Kier alpha value is -2.44. The fourth-order valence-corrected chi connectivity index (χ4v) is 4.06. The molecular weight excluding hydrogens is 358 g/mol. The van der Waals surface area contributed by atoms with E-state index >= 15 is 0 Å². The number of likely N-dealkylation sites (tertiary alicyclic amines) is 1. The third-order valence-corrected chi connectivity index (χ3v) is 5.53. The Labute approximate surface area is 163 Å². The van der Waals surface area contributed by atoms with Crippen LogP contribution in [0.2, 0.25) is 0 Å². The summed E-state index contributed by atoms with van der Waals surface area (Å²) in [6, 6.07) is 13.9. The van der Waals surface area contributed by atoms with Crippen LogP contribution in [0.1, 0.15) is 25.0 Å². The molecule has 1 N–H and O–H groups in total. The van der Waals surface area contributed by atoms with Gasteiger partial charge in [-0.25, -0.2) is 4.98 Å². The van der Waals surface area contributed by atoms with Gasteiger partial charge >= 0.3 is 0 Å². The highest BCUT2D eigenvalue weighted by Crippen LogP contribution is 2.21. The molecule has 2 heterocycles. The van der Waals surface area contributed by atoms with Crippen LogP contribution in [0.15, 0.2) is 47.8 Å². The number of hydrogen-bond donors (Lipinski definition) is 1. The van der Waals surface area contributed by atoms with Crippen molar-refractivity contribution in [2.45, 2.75) is 25.8 Å². The van der Waals surface area contributed by atoms with E-state index in [9.17, 15) is 4.79 Å². The van der Waals surface area contributed by atoms with Crippen LogP contribution in [-0.4, -0.2) is 35.5 Å². The molecule has 0 radical (unpaired) electrons. The first-order valence-corrected chi connectivity index (χ1v) is 10.2. The van der Waals surface area contributed by atoms with Crippen molar-refractivity contribution in [2.24, 2.45) is 0 Å². The Kier molecular flexibility index (Phi) is 5.65. The molecule has 0 spiro atoms. The number of hydrogen-bond acceptors (Lipinski definition) is 5. The predicted octanol–water partition coefficient (Wildman–Crippen LogP) is 4.30. The molecule has 0 atom stereocenters. The topological polar surface area (TPSA) is 54.5 Å². The van der Waals surface area contributed by atoms with Crippen molar-refractivity contribution >= 4 is 33.1 Å². The van der Waals surface area contributed by atoms with E-state index in [2.05, 4.69) is 21.3 Å². The van der Waals surface area contributed by atoms with E-state index in [1.807, 2.05) is 41.8 Å². The van der Waals surface area contributed by atoms with Gasteiger partial charge in [-0.15, -0.1) is 11.3 Å². The molecule has 1 amide bonds. The van der Waals surface area contributed by atoms with Gasteiger partial charge < -0.3 is 4.74 Å². The normalized spacial score (nSPS) is 15.0. The van der Waals surface area contributed by atoms with E-state index in [0.717, 1.165) is 36.1 Å². The highest BCUT2D eigenvalue weighted by Gasteiger charge is 2.13. The summed E-state index contributed by atoms with van der Waals surface area (Å²) in [5.74, 6) is 0.496. The van der Waals surface area contributed by atoms with Gasteiger partial charge in [0, 0.05) is 11.9 Å². The molecule has 1 aliphatic rings. The molecule has 27 heavy (non-hydrogen) atoms. The molecular formula is C21H23N3O2S. The second-order valence-electron chi connectivity index (χ2n) is 6.83. The summed E-state index contributed by atoms with van der Waals surface area (Å²) >= 11 is 1.46. The van der Waals surface area contributed by atoms with E-state index in [1.165, 1.54) is 30.6 Å². The largest absolute Gasteiger partial charge is 0.484 e. The summed E-state index contributed by atoms with van der Waals surface area (Å²) in [5.41, 5.74) is 1.02. The van der Waals surface area contributed by atoms with E-state index < -0.39 is 0 Å². The number of ether oxygens (including phenoxy) is 1. The lowest BCUT2D eigenvalue weighted by molar-refractivity contribution is -0.118. The number of amides is 1. The van der Waals surface area contributed by atoms with Crippen molar-refractivity contribution in [3.05, 3.63) is 53.5 Å². The van der Waals surface area contributed by atoms with E-state index in [1.54, 1.807) is 0 Å². The van der Waals surface area contributed by atoms with Gasteiger partial charge in [-0.1, -0.05) is 36.8 Å². The van der Waals surface area contributed by atoms with Crippen molar-refractivity contribution in [1.29, 1.82) is 0 Å². The molecule has 3 aromatic rings. The number of carbonyl (C=O) groups excluding carboxylic acids is 1. The number of aromatic nitrogens is 1. The molecule has 1 saturated heterocycles. The minimum absolute atomic E-state index is 0.0284. The second-order valence-corrected chi connectivity index (χ2v) is 7.68. The van der Waals surface area contributed by atoms with Gasteiger partial charge in [0.25, 0.3) is 5.91 Å². The summed E-state index contributed by atoms with van der Waals surface area (Å²) in [6.07, 6.45) is 3.85. The van der Waals surface area contributed by atoms with Crippen LogP contribution in [0.5, 0.6) is 5.75 Å². The zero-order chi connectivity index (χ0) is 18.5. The van der Waals surface area contributed by atoms with Crippen molar-refractivity contribution in [3.8, 4) is 5.75 Å². The second kappa shape index (κ2) is 8.50. The number of rotatable bonds is 6. The Balaban J connectivity index is 1.28. The summed E-state index contributed by atoms with van der Waals surface area (Å²) in [7, 11) is 0. The fourth-order valence-electron chi connectivity index (χ4n) is 3.35. The Morgan fingerprint density at radius 3 is 2.78 bits per heavy atom. The summed E-state index contributed by atoms with van der Waals surface area (Å²) in [6.45, 7) is 3.11. The number of fused-ring (bicyclic) bond motifs is 1. The number of piperidine rings is 1. The predicted molar refractivity (Wildman–Crippen MR) is 109 cm³/mol. The minimum Gasteiger partial charge on any atom is -0.484 e. The van der Waals surface area contributed by atoms with Gasteiger partial charge in [-0.05, 0) is 48.8 Å². The van der Waals surface area contributed by atoms with Gasteiger partial charge in [0.2, 0.25) is 0 Å². The Morgan fingerprint density at radius 2 is 1.93 bits per heavy atom. The van der Waals surface area contributed by atoms with Crippen LogP contribution >= 0.6 is 11.3 Å². The van der Waals surface area contributed by atoms with Crippen LogP contribution in [-0.2, 0) is 11.3 Å². The average Bonchev–Trinajstić information content (AvgIpc) is 3.13. The Morgan fingerprint density at radius 1 is 1.11 bits per heavy atom. The molecule has 0 aliphatic carbocycles. The maximum Gasteiger partial charge on any atom is 0.264 e. The average molecular weight is 382 g/mol. The lowest BCUT2D eigenvalue weighted by Gasteiger charge is -2.25. The molecule has 140 valence electrons. The fraction of sp³-hybridized carbons (Fsp3) is 0.333. The lowest BCUT2D eigenvalue weighted by atomic mass is 10.1. The number of anilines is 1. The van der Waals surface area contributed by atoms with Gasteiger partial charge in [-0.3, -0.25) is 15.0 Å². The maximum absolute atomic E-state index is 12.2. The molecule has 1 aromatic heterocycles. The van der Waals surface area contributed by atoms with Gasteiger partial charge in [0.05, 0.1) is 5.69 Å². The molecule has 2 aromatic carbocycles. The Bertz CT molecular complexity index is 918. The molecule has 6 heteroatoms. The number of carbonyl (C=O) groups is 1. The number of nitrogens with one attached hydrogen (secondary N) is 1. The molecule has 0 unspecified atom stereocenters. The molecule has 1 fully saturated rings. The quantitative estimate of drug-likeness (QED) is 0.692. The third-order valence-electron chi connectivity index (χ3n) is 4.72. The first kappa shape index (κ1) is 17.9. The van der Waals surface area contributed by atoms with E-state index in [0.29, 0.717) is 10.9 Å². The summed E-state index contributed by atoms with van der Waals surface area (Å²) < 4.78 is 5.63. The highest BCUT2D eigenvalue weighted by atomic mass is 32.1. The lowest BCUT2D eigenvalue weighted by Crippen LogP contribution is -2.29. The molecule has 1 aliphatic heterocycles. The van der Waals surface area contributed by atoms with Crippen molar-refractivity contribution < 1.29 is 9.53 Å². The highest BCUT2D eigenvalue weighted by molar-refractivity contribution is 7.13. The zero-order valence-electron chi connectivity index (χ0n) is 15.2. The van der Waals surface area contributed by atoms with E-state index in [-0.39, 0.29) is 12.5 Å². The first-order chi connectivity index (χ1) is 13.3. The van der Waals surface area contributed by atoms with Crippen LogP contribution in [0, 0.1) is 0 Å². The van der Waals surface area contributed by atoms with Crippen LogP contribution < -0.4 is 10.1 Å². The smallest absolute Gasteiger partial charge is 0.264 e. The molecule has 4 rings (SSSR count). The monoisotopic (exact) mass is 381 g/mol. The van der Waals surface area contributed by atoms with Crippen LogP contribution in [0.4, 0.5) is 5.13 Å².